The number of para-hydroxylation sites is 2. The Morgan fingerprint density at radius 2 is 1.27 bits per heavy atom. The number of benzene rings is 2. The summed E-state index contributed by atoms with van der Waals surface area (Å²) in [5, 5.41) is 7.18. The topological polar surface area (TPSA) is 102 Å². The van der Waals surface area contributed by atoms with E-state index < -0.39 is 23.4 Å². The number of carbonyl (C=O) groups is 2. The smallest absolute Gasteiger partial charge is 0.413 e. The molecule has 2 N–H and O–H groups in total. The van der Waals surface area contributed by atoms with Crippen molar-refractivity contribution in [2.75, 3.05) is 10.6 Å². The zero-order chi connectivity index (χ0) is 27.4. The first-order valence-electron chi connectivity index (χ1n) is 11.5. The molecule has 0 aliphatic rings. The number of fused-ring (bicyclic) bond motifs is 2. The molecular formula is C26H31BrN4O4S2. The Morgan fingerprint density at radius 3 is 1.73 bits per heavy atom. The van der Waals surface area contributed by atoms with Crippen LogP contribution in [0, 0.1) is 6.92 Å². The Kier molecular flexibility index (Phi) is 9.14. The molecule has 37 heavy (non-hydrogen) atoms. The zero-order valence-electron chi connectivity index (χ0n) is 21.9. The van der Waals surface area contributed by atoms with Gasteiger partial charge in [0.05, 0.1) is 20.4 Å². The molecule has 2 aromatic carbocycles. The molecule has 0 unspecified atom stereocenters. The van der Waals surface area contributed by atoms with Crippen LogP contribution in [0.1, 0.15) is 52.7 Å². The highest BCUT2D eigenvalue weighted by Crippen LogP contribution is 2.30. The normalized spacial score (nSPS) is 11.6. The molecule has 0 aliphatic heterocycles. The summed E-state index contributed by atoms with van der Waals surface area (Å²) in [6.45, 7) is 13.0. The number of alkyl halides is 1. The maximum absolute atomic E-state index is 11.7. The number of hydrogen-bond donors (Lipinski definition) is 2. The molecule has 198 valence electrons. The van der Waals surface area contributed by atoms with Gasteiger partial charge in [0.15, 0.2) is 10.3 Å². The van der Waals surface area contributed by atoms with E-state index in [0.29, 0.717) is 10.3 Å². The maximum atomic E-state index is 11.7. The van der Waals surface area contributed by atoms with E-state index in [9.17, 15) is 9.59 Å². The summed E-state index contributed by atoms with van der Waals surface area (Å²) in [5.74, 6) is 0. The van der Waals surface area contributed by atoms with Crippen LogP contribution < -0.4 is 10.6 Å². The summed E-state index contributed by atoms with van der Waals surface area (Å²) in [7, 11) is 0. The molecular weight excluding hydrogens is 576 g/mol. The molecule has 2 amide bonds. The number of nitrogens with zero attached hydrogens (tertiary/aromatic N) is 2. The van der Waals surface area contributed by atoms with E-state index >= 15 is 0 Å². The second-order valence-corrected chi connectivity index (χ2v) is 12.7. The van der Waals surface area contributed by atoms with Gasteiger partial charge in [0.25, 0.3) is 0 Å². The van der Waals surface area contributed by atoms with E-state index in [0.717, 1.165) is 36.9 Å². The molecule has 0 radical (unpaired) electrons. The Bertz CT molecular complexity index is 1400. The molecule has 0 saturated carbocycles. The fraction of sp³-hybridized carbons (Fsp3) is 0.385. The molecule has 0 saturated heterocycles. The van der Waals surface area contributed by atoms with Gasteiger partial charge in [0.1, 0.15) is 11.2 Å². The predicted molar refractivity (Wildman–Crippen MR) is 156 cm³/mol. The summed E-state index contributed by atoms with van der Waals surface area (Å²) in [4.78, 5) is 32.1. The van der Waals surface area contributed by atoms with Gasteiger partial charge in [-0.3, -0.25) is 10.6 Å². The fourth-order valence-electron chi connectivity index (χ4n) is 3.09. The van der Waals surface area contributed by atoms with Crippen molar-refractivity contribution in [1.82, 2.24) is 9.97 Å². The minimum absolute atomic E-state index is 0.473. The fourth-order valence-corrected chi connectivity index (χ4v) is 5.37. The molecule has 0 fully saturated rings. The highest BCUT2D eigenvalue weighted by molar-refractivity contribution is 9.08. The molecule has 2 aromatic heterocycles. The predicted octanol–water partition coefficient (Wildman–Crippen LogP) is 8.49. The minimum atomic E-state index is -0.512. The van der Waals surface area contributed by atoms with Gasteiger partial charge in [-0.2, -0.15) is 0 Å². The number of halogens is 1. The molecule has 0 aliphatic carbocycles. The van der Waals surface area contributed by atoms with E-state index in [1.807, 2.05) is 84.9 Å². The summed E-state index contributed by atoms with van der Waals surface area (Å²) >= 11 is 6.31. The van der Waals surface area contributed by atoms with Gasteiger partial charge in [-0.25, -0.2) is 19.6 Å². The van der Waals surface area contributed by atoms with E-state index in [-0.39, 0.29) is 0 Å². The average molecular weight is 608 g/mol. The maximum Gasteiger partial charge on any atom is 0.413 e. The van der Waals surface area contributed by atoms with Gasteiger partial charge in [0, 0.05) is 5.33 Å². The summed E-state index contributed by atoms with van der Waals surface area (Å²) in [6, 6.07) is 11.9. The van der Waals surface area contributed by atoms with Gasteiger partial charge in [-0.05, 0) is 71.7 Å². The number of aryl methyl sites for hydroxylation is 1. The number of thiazole rings is 2. The van der Waals surface area contributed by atoms with Crippen molar-refractivity contribution in [2.45, 2.75) is 65.0 Å². The first kappa shape index (κ1) is 28.8. The Labute approximate surface area is 232 Å². The van der Waals surface area contributed by atoms with Gasteiger partial charge < -0.3 is 9.47 Å². The van der Waals surface area contributed by atoms with E-state index in [1.165, 1.54) is 22.7 Å². The lowest BCUT2D eigenvalue weighted by Gasteiger charge is -2.18. The number of rotatable bonds is 3. The Morgan fingerprint density at radius 1 is 0.811 bits per heavy atom. The van der Waals surface area contributed by atoms with Gasteiger partial charge >= 0.3 is 12.2 Å². The van der Waals surface area contributed by atoms with Crippen molar-refractivity contribution in [3.63, 3.8) is 0 Å². The molecule has 4 rings (SSSR count). The number of nitrogens with one attached hydrogen (secondary N) is 2. The van der Waals surface area contributed by atoms with Crippen molar-refractivity contribution < 1.29 is 19.1 Å². The van der Waals surface area contributed by atoms with Crippen LogP contribution in [0.5, 0.6) is 0 Å². The molecule has 0 bridgehead atoms. The summed E-state index contributed by atoms with van der Waals surface area (Å²) in [5.41, 5.74) is 3.02. The monoisotopic (exact) mass is 606 g/mol. The summed E-state index contributed by atoms with van der Waals surface area (Å²) < 4.78 is 12.5. The van der Waals surface area contributed by atoms with Crippen LogP contribution in [-0.4, -0.2) is 33.4 Å². The highest BCUT2D eigenvalue weighted by atomic mass is 79.9. The second kappa shape index (κ2) is 11.7. The molecule has 4 aromatic rings. The average Bonchev–Trinajstić information content (AvgIpc) is 3.35. The van der Waals surface area contributed by atoms with Crippen LogP contribution in [0.3, 0.4) is 0 Å². The molecule has 0 spiro atoms. The third kappa shape index (κ3) is 8.65. The number of amides is 2. The van der Waals surface area contributed by atoms with Crippen molar-refractivity contribution in [3.05, 3.63) is 47.5 Å². The first-order chi connectivity index (χ1) is 17.2. The zero-order valence-corrected chi connectivity index (χ0v) is 25.1. The number of hydrogen-bond acceptors (Lipinski definition) is 8. The lowest BCUT2D eigenvalue weighted by Crippen LogP contribution is -2.27. The molecule has 2 heterocycles. The standard InChI is InChI=1S/C13H15BrN2O2S.C13H16N2O2S/c1-13(2,3)18-12(17)16-11-15-10-8(7-14)5-4-6-9(10)19-11;1-8-6-5-7-9-10(8)14-11(18-9)15-12(16)17-13(2,3)4/h4-6H,7H2,1-3H3,(H,15,16,17);5-7H,1-4H3,(H,14,15,16). The summed E-state index contributed by atoms with van der Waals surface area (Å²) in [6.07, 6.45) is -0.953. The SMILES string of the molecule is CC(C)(C)OC(=O)Nc1nc2c(CBr)cccc2s1.Cc1cccc2sc(NC(=O)OC(C)(C)C)nc12. The van der Waals surface area contributed by atoms with Crippen molar-refractivity contribution in [2.24, 2.45) is 0 Å². The third-order valence-electron chi connectivity index (χ3n) is 4.48. The number of ether oxygens (including phenoxy) is 2. The van der Waals surface area contributed by atoms with Crippen LogP contribution >= 0.6 is 38.6 Å². The Balaban J connectivity index is 0.000000206. The first-order valence-corrected chi connectivity index (χ1v) is 14.3. The van der Waals surface area contributed by atoms with Crippen LogP contribution in [0.15, 0.2) is 36.4 Å². The van der Waals surface area contributed by atoms with Crippen molar-refractivity contribution >= 4 is 81.5 Å². The third-order valence-corrected chi connectivity index (χ3v) is 6.96. The van der Waals surface area contributed by atoms with E-state index in [4.69, 9.17) is 9.47 Å². The second-order valence-electron chi connectivity index (χ2n) is 10.1. The molecule has 0 atom stereocenters. The largest absolute Gasteiger partial charge is 0.444 e. The quantitative estimate of drug-likeness (QED) is 0.227. The number of aromatic nitrogens is 2. The van der Waals surface area contributed by atoms with Crippen LogP contribution in [0.2, 0.25) is 0 Å². The lowest BCUT2D eigenvalue weighted by atomic mass is 10.2. The number of carbonyl (C=O) groups excluding carboxylic acids is 2. The van der Waals surface area contributed by atoms with Crippen molar-refractivity contribution in [3.8, 4) is 0 Å². The van der Waals surface area contributed by atoms with Gasteiger partial charge in [-0.15, -0.1) is 0 Å². The lowest BCUT2D eigenvalue weighted by molar-refractivity contribution is 0.0624. The van der Waals surface area contributed by atoms with Crippen LogP contribution in [0.4, 0.5) is 19.9 Å². The van der Waals surface area contributed by atoms with Crippen LogP contribution in [-0.2, 0) is 14.8 Å². The molecule has 11 heteroatoms. The Hall–Kier alpha value is -2.76. The van der Waals surface area contributed by atoms with E-state index in [1.54, 1.807) is 0 Å². The number of anilines is 2. The van der Waals surface area contributed by atoms with Gasteiger partial charge in [-0.1, -0.05) is 62.9 Å². The van der Waals surface area contributed by atoms with Gasteiger partial charge in [0.2, 0.25) is 0 Å². The highest BCUT2D eigenvalue weighted by Gasteiger charge is 2.19. The van der Waals surface area contributed by atoms with Crippen LogP contribution in [0.25, 0.3) is 20.4 Å². The van der Waals surface area contributed by atoms with Crippen molar-refractivity contribution in [1.29, 1.82) is 0 Å². The minimum Gasteiger partial charge on any atom is -0.444 e. The van der Waals surface area contributed by atoms with E-state index in [2.05, 4.69) is 36.5 Å². The molecule has 8 nitrogen and oxygen atoms in total.